The summed E-state index contributed by atoms with van der Waals surface area (Å²) in [5.41, 5.74) is 5.96. The molecule has 0 saturated carbocycles. The van der Waals surface area contributed by atoms with Crippen LogP contribution in [0.2, 0.25) is 0 Å². The topological polar surface area (TPSA) is 33.1 Å². The van der Waals surface area contributed by atoms with Crippen molar-refractivity contribution in [2.45, 2.75) is 33.9 Å². The van der Waals surface area contributed by atoms with Crippen LogP contribution in [-0.4, -0.2) is 23.9 Å². The van der Waals surface area contributed by atoms with Gasteiger partial charge in [-0.25, -0.2) is 0 Å². The molecule has 0 amide bonds. The van der Waals surface area contributed by atoms with Crippen molar-refractivity contribution >= 4 is 11.4 Å². The zero-order valence-electron chi connectivity index (χ0n) is 13.1. The third-order valence-corrected chi connectivity index (χ3v) is 3.45. The molecule has 0 atom stereocenters. The number of rotatable bonds is 5. The molecule has 20 heavy (non-hydrogen) atoms. The molecule has 1 heterocycles. The lowest BCUT2D eigenvalue weighted by molar-refractivity contribution is 0.623. The monoisotopic (exact) mass is 272 g/mol. The molecule has 4 heteroatoms. The highest BCUT2D eigenvalue weighted by Crippen LogP contribution is 2.23. The molecule has 0 unspecified atom stereocenters. The van der Waals surface area contributed by atoms with Crippen LogP contribution in [-0.2, 0) is 13.1 Å². The fraction of sp³-hybridized carbons (Fsp3) is 0.438. The first-order chi connectivity index (χ1) is 9.51. The van der Waals surface area contributed by atoms with Crippen LogP contribution in [0.3, 0.4) is 0 Å². The van der Waals surface area contributed by atoms with Crippen molar-refractivity contribution in [1.82, 2.24) is 9.78 Å². The predicted octanol–water partition coefficient (Wildman–Crippen LogP) is 3.20. The van der Waals surface area contributed by atoms with Crippen LogP contribution in [0.15, 0.2) is 24.3 Å². The van der Waals surface area contributed by atoms with E-state index >= 15 is 0 Å². The zero-order valence-corrected chi connectivity index (χ0v) is 13.1. The van der Waals surface area contributed by atoms with Crippen LogP contribution in [0.5, 0.6) is 0 Å². The number of nitrogens with one attached hydrogen (secondary N) is 1. The summed E-state index contributed by atoms with van der Waals surface area (Å²) >= 11 is 0. The van der Waals surface area contributed by atoms with E-state index in [1.807, 2.05) is 11.6 Å². The summed E-state index contributed by atoms with van der Waals surface area (Å²) in [5.74, 6) is 0. The summed E-state index contributed by atoms with van der Waals surface area (Å²) in [6.45, 7) is 7.98. The fourth-order valence-corrected chi connectivity index (χ4v) is 2.41. The van der Waals surface area contributed by atoms with Crippen LogP contribution in [0.4, 0.5) is 11.4 Å². The van der Waals surface area contributed by atoms with Crippen molar-refractivity contribution < 1.29 is 0 Å². The minimum absolute atomic E-state index is 0.796. The lowest BCUT2D eigenvalue weighted by Crippen LogP contribution is -2.11. The highest BCUT2D eigenvalue weighted by atomic mass is 15.3. The first kappa shape index (κ1) is 14.4. The molecule has 0 fully saturated rings. The SMILES string of the molecule is CCn1nc(C)cc1CNc1ccc(C)c(N(C)C)c1. The Kier molecular flexibility index (Phi) is 4.32. The molecule has 0 aliphatic rings. The molecular weight excluding hydrogens is 248 g/mol. The smallest absolute Gasteiger partial charge is 0.0597 e. The van der Waals surface area contributed by atoms with Crippen LogP contribution in [0.1, 0.15) is 23.9 Å². The van der Waals surface area contributed by atoms with Gasteiger partial charge in [0.25, 0.3) is 0 Å². The fourth-order valence-electron chi connectivity index (χ4n) is 2.41. The minimum atomic E-state index is 0.796. The zero-order chi connectivity index (χ0) is 14.7. The summed E-state index contributed by atoms with van der Waals surface area (Å²) in [4.78, 5) is 2.14. The van der Waals surface area contributed by atoms with E-state index in [0.717, 1.165) is 24.5 Å². The van der Waals surface area contributed by atoms with E-state index in [9.17, 15) is 0 Å². The van der Waals surface area contributed by atoms with Crippen molar-refractivity contribution in [1.29, 1.82) is 0 Å². The Bertz CT molecular complexity index is 584. The maximum atomic E-state index is 4.47. The molecule has 2 rings (SSSR count). The van der Waals surface area contributed by atoms with E-state index in [1.165, 1.54) is 16.9 Å². The first-order valence-corrected chi connectivity index (χ1v) is 7.06. The highest BCUT2D eigenvalue weighted by molar-refractivity contribution is 5.61. The van der Waals surface area contributed by atoms with Crippen LogP contribution < -0.4 is 10.2 Å². The van der Waals surface area contributed by atoms with Crippen LogP contribution in [0.25, 0.3) is 0 Å². The van der Waals surface area contributed by atoms with Gasteiger partial charge in [0, 0.05) is 32.0 Å². The van der Waals surface area contributed by atoms with E-state index in [1.54, 1.807) is 0 Å². The normalized spacial score (nSPS) is 10.7. The van der Waals surface area contributed by atoms with Gasteiger partial charge in [-0.15, -0.1) is 0 Å². The van der Waals surface area contributed by atoms with Crippen molar-refractivity contribution in [2.75, 3.05) is 24.3 Å². The second-order valence-corrected chi connectivity index (χ2v) is 5.34. The van der Waals surface area contributed by atoms with Crippen molar-refractivity contribution in [3.63, 3.8) is 0 Å². The molecule has 108 valence electrons. The second-order valence-electron chi connectivity index (χ2n) is 5.34. The van der Waals surface area contributed by atoms with E-state index in [0.29, 0.717) is 0 Å². The molecule has 1 aromatic heterocycles. The van der Waals surface area contributed by atoms with Crippen molar-refractivity contribution in [3.05, 3.63) is 41.2 Å². The summed E-state index contributed by atoms with van der Waals surface area (Å²) in [6, 6.07) is 8.61. The van der Waals surface area contributed by atoms with Crippen molar-refractivity contribution in [2.24, 2.45) is 0 Å². The molecule has 0 saturated heterocycles. The molecule has 0 aliphatic carbocycles. The Labute approximate surface area is 121 Å². The molecule has 0 radical (unpaired) electrons. The lowest BCUT2D eigenvalue weighted by Gasteiger charge is -2.17. The van der Waals surface area contributed by atoms with Gasteiger partial charge in [0.1, 0.15) is 0 Å². The third-order valence-electron chi connectivity index (χ3n) is 3.45. The van der Waals surface area contributed by atoms with Gasteiger partial charge < -0.3 is 10.2 Å². The average Bonchev–Trinajstić information content (AvgIpc) is 2.77. The van der Waals surface area contributed by atoms with E-state index < -0.39 is 0 Å². The number of benzene rings is 1. The van der Waals surface area contributed by atoms with Gasteiger partial charge in [0.05, 0.1) is 17.9 Å². The maximum Gasteiger partial charge on any atom is 0.0597 e. The number of hydrogen-bond donors (Lipinski definition) is 1. The Morgan fingerprint density at radius 1 is 1.20 bits per heavy atom. The van der Waals surface area contributed by atoms with Gasteiger partial charge in [0.2, 0.25) is 0 Å². The molecule has 2 aromatic rings. The van der Waals surface area contributed by atoms with Crippen LogP contribution >= 0.6 is 0 Å². The standard InChI is InChI=1S/C16H24N4/c1-6-20-15(9-13(3)18-20)11-17-14-8-7-12(2)16(10-14)19(4)5/h7-10,17H,6,11H2,1-5H3. The van der Waals surface area contributed by atoms with E-state index in [-0.39, 0.29) is 0 Å². The van der Waals surface area contributed by atoms with Gasteiger partial charge >= 0.3 is 0 Å². The molecule has 0 spiro atoms. The summed E-state index contributed by atoms with van der Waals surface area (Å²) in [5, 5.41) is 7.95. The number of nitrogens with zero attached hydrogens (tertiary/aromatic N) is 3. The number of aryl methyl sites for hydroxylation is 3. The van der Waals surface area contributed by atoms with E-state index in [4.69, 9.17) is 0 Å². The van der Waals surface area contributed by atoms with Gasteiger partial charge in [-0.05, 0) is 44.5 Å². The average molecular weight is 272 g/mol. The Morgan fingerprint density at radius 3 is 2.60 bits per heavy atom. The molecule has 1 aromatic carbocycles. The first-order valence-electron chi connectivity index (χ1n) is 7.06. The number of aromatic nitrogens is 2. The highest BCUT2D eigenvalue weighted by Gasteiger charge is 2.05. The predicted molar refractivity (Wildman–Crippen MR) is 85.5 cm³/mol. The number of hydrogen-bond acceptors (Lipinski definition) is 3. The molecule has 1 N–H and O–H groups in total. The third kappa shape index (κ3) is 3.13. The minimum Gasteiger partial charge on any atom is -0.379 e. The van der Waals surface area contributed by atoms with E-state index in [2.05, 4.69) is 67.5 Å². The second kappa shape index (κ2) is 5.99. The van der Waals surface area contributed by atoms with Gasteiger partial charge in [-0.3, -0.25) is 4.68 Å². The summed E-state index contributed by atoms with van der Waals surface area (Å²) in [6.07, 6.45) is 0. The molecular formula is C16H24N4. The molecule has 0 aliphatic heterocycles. The van der Waals surface area contributed by atoms with Gasteiger partial charge in [0.15, 0.2) is 0 Å². The van der Waals surface area contributed by atoms with Gasteiger partial charge in [-0.1, -0.05) is 6.07 Å². The van der Waals surface area contributed by atoms with Crippen LogP contribution in [0, 0.1) is 13.8 Å². The molecule has 4 nitrogen and oxygen atoms in total. The summed E-state index contributed by atoms with van der Waals surface area (Å²) in [7, 11) is 4.14. The maximum absolute atomic E-state index is 4.47. The Hall–Kier alpha value is -1.97. The molecule has 0 bridgehead atoms. The number of anilines is 2. The van der Waals surface area contributed by atoms with Crippen molar-refractivity contribution in [3.8, 4) is 0 Å². The largest absolute Gasteiger partial charge is 0.379 e. The Morgan fingerprint density at radius 2 is 1.95 bits per heavy atom. The lowest BCUT2D eigenvalue weighted by atomic mass is 10.1. The summed E-state index contributed by atoms with van der Waals surface area (Å²) < 4.78 is 2.05. The Balaban J connectivity index is 2.12. The quantitative estimate of drug-likeness (QED) is 0.907. The van der Waals surface area contributed by atoms with Gasteiger partial charge in [-0.2, -0.15) is 5.10 Å².